The van der Waals surface area contributed by atoms with Crippen LogP contribution in [0, 0.1) is 28.6 Å². The summed E-state index contributed by atoms with van der Waals surface area (Å²) in [5.41, 5.74) is -5.06. The van der Waals surface area contributed by atoms with E-state index in [1.807, 2.05) is 13.8 Å². The van der Waals surface area contributed by atoms with E-state index in [0.717, 1.165) is 0 Å². The lowest BCUT2D eigenvalue weighted by atomic mass is 9.46. The first-order chi connectivity index (χ1) is 12.4. The van der Waals surface area contributed by atoms with Gasteiger partial charge in [-0.05, 0) is 56.3 Å². The zero-order valence-electron chi connectivity index (χ0n) is 16.2. The fourth-order valence-corrected chi connectivity index (χ4v) is 6.76. The highest BCUT2D eigenvalue weighted by molar-refractivity contribution is 6.01. The molecule has 0 bridgehead atoms. The van der Waals surface area contributed by atoms with Gasteiger partial charge in [-0.1, -0.05) is 32.1 Å². The van der Waals surface area contributed by atoms with Crippen LogP contribution in [0.1, 0.15) is 40.5 Å². The summed E-state index contributed by atoms with van der Waals surface area (Å²) in [5.74, 6) is -1.77. The van der Waals surface area contributed by atoms with Crippen LogP contribution >= 0.6 is 0 Å². The molecule has 4 aliphatic rings. The third-order valence-electron chi connectivity index (χ3n) is 8.32. The van der Waals surface area contributed by atoms with Crippen molar-refractivity contribution in [1.29, 1.82) is 0 Å². The van der Waals surface area contributed by atoms with E-state index >= 15 is 4.39 Å². The highest BCUT2D eigenvalue weighted by Crippen LogP contribution is 2.69. The van der Waals surface area contributed by atoms with Gasteiger partial charge in [0, 0.05) is 16.7 Å². The number of hydrogen-bond donors (Lipinski definition) is 2. The molecule has 0 saturated heterocycles. The van der Waals surface area contributed by atoms with Gasteiger partial charge >= 0.3 is 0 Å². The molecule has 8 atom stereocenters. The van der Waals surface area contributed by atoms with Crippen molar-refractivity contribution in [2.45, 2.75) is 57.9 Å². The lowest BCUT2D eigenvalue weighted by Crippen LogP contribution is -2.68. The van der Waals surface area contributed by atoms with Crippen LogP contribution in [0.4, 0.5) is 4.39 Å². The SMILES string of the molecule is CC(=O)[C@@]1(O)[C@@H](C)C[C@H]2[C@@H]3C=CC4=CC(=O)C=C[C@]4(C)[C@@]3(F)[C@@H](O)C[C@@]21C. The van der Waals surface area contributed by atoms with Crippen molar-refractivity contribution in [3.8, 4) is 0 Å². The normalized spacial score (nSPS) is 53.4. The molecule has 0 aliphatic heterocycles. The van der Waals surface area contributed by atoms with Gasteiger partial charge in [0.1, 0.15) is 5.60 Å². The molecule has 5 heteroatoms. The van der Waals surface area contributed by atoms with Crippen LogP contribution in [0.3, 0.4) is 0 Å². The maximum absolute atomic E-state index is 16.8. The summed E-state index contributed by atoms with van der Waals surface area (Å²) in [7, 11) is 0. The zero-order chi connectivity index (χ0) is 20.0. The number of Topliss-reactive ketones (excluding diaryl/α,β-unsaturated/α-hetero) is 1. The van der Waals surface area contributed by atoms with Gasteiger partial charge in [0.25, 0.3) is 0 Å². The molecule has 2 N–H and O–H groups in total. The van der Waals surface area contributed by atoms with Crippen LogP contribution in [0.2, 0.25) is 0 Å². The molecule has 0 heterocycles. The number of aliphatic hydroxyl groups is 2. The summed E-state index contributed by atoms with van der Waals surface area (Å²) in [6.07, 6.45) is 7.03. The number of allylic oxidation sites excluding steroid dienone is 6. The van der Waals surface area contributed by atoms with E-state index in [1.165, 1.54) is 19.1 Å². The standard InChI is InChI=1S/C22H27FO4/c1-12-9-17-16-6-5-14-10-15(25)7-8-19(14,3)21(16,23)18(26)11-20(17,4)22(12,27)13(2)24/h5-8,10,12,16-18,26-27H,9,11H2,1-4H3/t12-,16-,17-,18-,19-,20-,21-,22-/m0/s1. The van der Waals surface area contributed by atoms with E-state index in [-0.39, 0.29) is 29.8 Å². The molecule has 2 saturated carbocycles. The smallest absolute Gasteiger partial charge is 0.178 e. The zero-order valence-corrected chi connectivity index (χ0v) is 16.2. The van der Waals surface area contributed by atoms with Crippen LogP contribution in [0.5, 0.6) is 0 Å². The van der Waals surface area contributed by atoms with E-state index in [0.29, 0.717) is 12.0 Å². The highest BCUT2D eigenvalue weighted by Gasteiger charge is 2.74. The molecular formula is C22H27FO4. The predicted molar refractivity (Wildman–Crippen MR) is 98.4 cm³/mol. The molecule has 2 fully saturated rings. The van der Waals surface area contributed by atoms with Gasteiger partial charge in [0.15, 0.2) is 17.2 Å². The predicted octanol–water partition coefficient (Wildman–Crippen LogP) is 2.70. The summed E-state index contributed by atoms with van der Waals surface area (Å²) in [6.45, 7) is 6.74. The Kier molecular flexibility index (Phi) is 3.66. The van der Waals surface area contributed by atoms with E-state index in [9.17, 15) is 19.8 Å². The molecule has 0 aromatic rings. The van der Waals surface area contributed by atoms with Crippen LogP contribution in [0.15, 0.2) is 36.0 Å². The first-order valence-electron chi connectivity index (χ1n) is 9.67. The molecule has 0 radical (unpaired) electrons. The van der Waals surface area contributed by atoms with Gasteiger partial charge in [0.2, 0.25) is 0 Å². The Morgan fingerprint density at radius 3 is 2.59 bits per heavy atom. The second-order valence-corrected chi connectivity index (χ2v) is 9.39. The molecule has 4 rings (SSSR count). The Bertz CT molecular complexity index is 828. The minimum atomic E-state index is -2.00. The number of aliphatic hydroxyl groups excluding tert-OH is 1. The van der Waals surface area contributed by atoms with Crippen LogP contribution in [0.25, 0.3) is 0 Å². The van der Waals surface area contributed by atoms with E-state index in [2.05, 4.69) is 0 Å². The summed E-state index contributed by atoms with van der Waals surface area (Å²) < 4.78 is 16.8. The second kappa shape index (κ2) is 5.26. The second-order valence-electron chi connectivity index (χ2n) is 9.39. The molecule has 0 spiro atoms. The summed E-state index contributed by atoms with van der Waals surface area (Å²) in [5, 5.41) is 22.4. The third kappa shape index (κ3) is 1.90. The Balaban J connectivity index is 1.90. The summed E-state index contributed by atoms with van der Waals surface area (Å²) in [4.78, 5) is 24.2. The minimum absolute atomic E-state index is 0.00355. The molecule has 4 aliphatic carbocycles. The number of halogens is 1. The number of ketones is 2. The first-order valence-corrected chi connectivity index (χ1v) is 9.67. The molecule has 0 aromatic carbocycles. The average Bonchev–Trinajstić information content (AvgIpc) is 2.79. The number of rotatable bonds is 1. The minimum Gasteiger partial charge on any atom is -0.390 e. The van der Waals surface area contributed by atoms with E-state index < -0.39 is 34.1 Å². The van der Waals surface area contributed by atoms with Crippen molar-refractivity contribution in [2.75, 3.05) is 0 Å². The molecule has 0 aromatic heterocycles. The Hall–Kier alpha value is -1.59. The lowest BCUT2D eigenvalue weighted by molar-refractivity contribution is -0.203. The average molecular weight is 374 g/mol. The lowest BCUT2D eigenvalue weighted by Gasteiger charge is -2.60. The van der Waals surface area contributed by atoms with E-state index in [1.54, 1.807) is 25.2 Å². The quantitative estimate of drug-likeness (QED) is 0.740. The van der Waals surface area contributed by atoms with Crippen molar-refractivity contribution < 1.29 is 24.2 Å². The Labute approximate surface area is 158 Å². The number of carbonyl (C=O) groups excluding carboxylic acids is 2. The largest absolute Gasteiger partial charge is 0.390 e. The number of carbonyl (C=O) groups is 2. The summed E-state index contributed by atoms with van der Waals surface area (Å²) >= 11 is 0. The Morgan fingerprint density at radius 2 is 1.96 bits per heavy atom. The van der Waals surface area contributed by atoms with Gasteiger partial charge in [-0.3, -0.25) is 9.59 Å². The first kappa shape index (κ1) is 18.8. The van der Waals surface area contributed by atoms with Crippen molar-refractivity contribution in [2.24, 2.45) is 28.6 Å². The van der Waals surface area contributed by atoms with Crippen molar-refractivity contribution in [3.05, 3.63) is 36.0 Å². The molecule has 0 amide bonds. The van der Waals surface area contributed by atoms with Crippen LogP contribution in [-0.2, 0) is 9.59 Å². The third-order valence-corrected chi connectivity index (χ3v) is 8.32. The van der Waals surface area contributed by atoms with Gasteiger partial charge in [-0.25, -0.2) is 4.39 Å². The van der Waals surface area contributed by atoms with Gasteiger partial charge in [0.05, 0.1) is 6.10 Å². The maximum atomic E-state index is 16.8. The Morgan fingerprint density at radius 1 is 1.30 bits per heavy atom. The van der Waals surface area contributed by atoms with Crippen LogP contribution in [-0.4, -0.2) is 39.2 Å². The van der Waals surface area contributed by atoms with Crippen molar-refractivity contribution >= 4 is 11.6 Å². The number of fused-ring (bicyclic) bond motifs is 5. The van der Waals surface area contributed by atoms with E-state index in [4.69, 9.17) is 0 Å². The topological polar surface area (TPSA) is 74.6 Å². The van der Waals surface area contributed by atoms with Crippen molar-refractivity contribution in [1.82, 2.24) is 0 Å². The monoisotopic (exact) mass is 374 g/mol. The van der Waals surface area contributed by atoms with Gasteiger partial charge < -0.3 is 10.2 Å². The van der Waals surface area contributed by atoms with Crippen molar-refractivity contribution in [3.63, 3.8) is 0 Å². The molecule has 4 nitrogen and oxygen atoms in total. The fourth-order valence-electron chi connectivity index (χ4n) is 6.76. The molecule has 146 valence electrons. The van der Waals surface area contributed by atoms with Crippen LogP contribution < -0.4 is 0 Å². The van der Waals surface area contributed by atoms with Gasteiger partial charge in [-0.15, -0.1) is 0 Å². The maximum Gasteiger partial charge on any atom is 0.178 e. The number of hydrogen-bond acceptors (Lipinski definition) is 4. The number of alkyl halides is 1. The summed E-state index contributed by atoms with van der Waals surface area (Å²) in [6, 6.07) is 0. The molecule has 0 unspecified atom stereocenters. The fraction of sp³-hybridized carbons (Fsp3) is 0.636. The van der Waals surface area contributed by atoms with Gasteiger partial charge in [-0.2, -0.15) is 0 Å². The highest BCUT2D eigenvalue weighted by atomic mass is 19.1. The molecular weight excluding hydrogens is 347 g/mol. The molecule has 27 heavy (non-hydrogen) atoms.